The molecule has 31 heavy (non-hydrogen) atoms. The minimum atomic E-state index is -3.68. The maximum absolute atomic E-state index is 12.4. The summed E-state index contributed by atoms with van der Waals surface area (Å²) in [6.07, 6.45) is 0. The molecule has 0 unspecified atom stereocenters. The van der Waals surface area contributed by atoms with E-state index in [9.17, 15) is 18.0 Å². The van der Waals surface area contributed by atoms with E-state index in [1.807, 2.05) is 5.38 Å². The highest BCUT2D eigenvalue weighted by Gasteiger charge is 2.31. The number of rotatable bonds is 5. The van der Waals surface area contributed by atoms with Gasteiger partial charge in [-0.1, -0.05) is 18.2 Å². The van der Waals surface area contributed by atoms with Crippen LogP contribution in [0.15, 0.2) is 75.9 Å². The number of carbonyl (C=O) groups excluding carboxylic acids is 2. The van der Waals surface area contributed by atoms with Crippen molar-refractivity contribution in [1.29, 1.82) is 0 Å². The lowest BCUT2D eigenvalue weighted by Crippen LogP contribution is -2.27. The van der Waals surface area contributed by atoms with Crippen molar-refractivity contribution < 1.29 is 22.7 Å². The summed E-state index contributed by atoms with van der Waals surface area (Å²) < 4.78 is 32.0. The van der Waals surface area contributed by atoms with Crippen molar-refractivity contribution in [3.8, 4) is 5.75 Å². The summed E-state index contributed by atoms with van der Waals surface area (Å²) in [5.74, 6) is -0.486. The van der Waals surface area contributed by atoms with E-state index in [0.29, 0.717) is 16.1 Å². The fraction of sp³-hybridized carbons (Fsp3) is 0.0952. The van der Waals surface area contributed by atoms with Crippen molar-refractivity contribution in [2.24, 2.45) is 4.99 Å². The van der Waals surface area contributed by atoms with Gasteiger partial charge >= 0.3 is 5.97 Å². The standard InChI is InChI=1S/C21H17N3O5S2/c1-13(22-19-16-5-2-3-7-18(16)31(27,28)24-19)21(26)29-15-10-8-14(9-11-15)23-20(25)17-6-4-12-30-17/h2-13H,1H3,(H,22,24)(H,23,25)/t13-/m0/s1. The van der Waals surface area contributed by atoms with Crippen molar-refractivity contribution >= 4 is 44.8 Å². The van der Waals surface area contributed by atoms with Gasteiger partial charge in [0.1, 0.15) is 17.6 Å². The lowest BCUT2D eigenvalue weighted by atomic mass is 10.2. The number of hydrogen-bond acceptors (Lipinski definition) is 7. The first kappa shape index (κ1) is 20.8. The van der Waals surface area contributed by atoms with Gasteiger partial charge in [-0.05, 0) is 54.8 Å². The molecule has 1 aromatic heterocycles. The van der Waals surface area contributed by atoms with Gasteiger partial charge in [-0.15, -0.1) is 11.3 Å². The number of ether oxygens (including phenoxy) is 1. The molecule has 1 atom stereocenters. The highest BCUT2D eigenvalue weighted by molar-refractivity contribution is 7.90. The summed E-state index contributed by atoms with van der Waals surface area (Å²) in [5, 5.41) is 4.57. The zero-order valence-electron chi connectivity index (χ0n) is 16.2. The second-order valence-electron chi connectivity index (χ2n) is 6.63. The van der Waals surface area contributed by atoms with Crippen LogP contribution < -0.4 is 14.8 Å². The third-order valence-electron chi connectivity index (χ3n) is 4.40. The molecule has 0 saturated heterocycles. The number of thiophene rings is 1. The van der Waals surface area contributed by atoms with Gasteiger partial charge in [0.25, 0.3) is 15.9 Å². The van der Waals surface area contributed by atoms with Crippen molar-refractivity contribution in [3.05, 3.63) is 76.5 Å². The highest BCUT2D eigenvalue weighted by atomic mass is 32.2. The quantitative estimate of drug-likeness (QED) is 0.453. The zero-order valence-corrected chi connectivity index (χ0v) is 17.9. The summed E-state index contributed by atoms with van der Waals surface area (Å²) in [4.78, 5) is 29.4. The fourth-order valence-electron chi connectivity index (χ4n) is 2.88. The van der Waals surface area contributed by atoms with E-state index in [-0.39, 0.29) is 22.4 Å². The van der Waals surface area contributed by atoms with Crippen LogP contribution in [0, 0.1) is 0 Å². The Kier molecular flexibility index (Phi) is 5.57. The van der Waals surface area contributed by atoms with Crippen LogP contribution in [-0.2, 0) is 14.8 Å². The van der Waals surface area contributed by atoms with E-state index in [2.05, 4.69) is 15.0 Å². The number of anilines is 1. The van der Waals surface area contributed by atoms with Gasteiger partial charge in [0.05, 0.1) is 9.77 Å². The van der Waals surface area contributed by atoms with Crippen molar-refractivity contribution in [2.75, 3.05) is 5.32 Å². The minimum absolute atomic E-state index is 0.103. The maximum atomic E-state index is 12.4. The molecule has 10 heteroatoms. The minimum Gasteiger partial charge on any atom is -0.425 e. The summed E-state index contributed by atoms with van der Waals surface area (Å²) in [5.41, 5.74) is 0.969. The number of amides is 1. The lowest BCUT2D eigenvalue weighted by Gasteiger charge is -2.10. The first-order valence-electron chi connectivity index (χ1n) is 9.20. The fourth-order valence-corrected chi connectivity index (χ4v) is 4.74. The average Bonchev–Trinajstić information content (AvgIpc) is 3.37. The van der Waals surface area contributed by atoms with Crippen molar-refractivity contribution in [2.45, 2.75) is 17.9 Å². The van der Waals surface area contributed by atoms with Gasteiger partial charge in [0.2, 0.25) is 0 Å². The summed E-state index contributed by atoms with van der Waals surface area (Å²) in [6, 6.07) is 15.3. The number of hydrogen-bond donors (Lipinski definition) is 2. The van der Waals surface area contributed by atoms with Crippen LogP contribution in [0.1, 0.15) is 22.2 Å². The first-order chi connectivity index (χ1) is 14.8. The molecule has 1 amide bonds. The molecule has 0 spiro atoms. The lowest BCUT2D eigenvalue weighted by molar-refractivity contribution is -0.135. The Morgan fingerprint density at radius 1 is 1.06 bits per heavy atom. The van der Waals surface area contributed by atoms with Gasteiger partial charge in [-0.3, -0.25) is 14.5 Å². The van der Waals surface area contributed by atoms with Crippen molar-refractivity contribution in [1.82, 2.24) is 4.72 Å². The Labute approximate surface area is 182 Å². The van der Waals surface area contributed by atoms with Crippen LogP contribution in [0.3, 0.4) is 0 Å². The maximum Gasteiger partial charge on any atom is 0.336 e. The number of nitrogens with zero attached hydrogens (tertiary/aromatic N) is 1. The van der Waals surface area contributed by atoms with Crippen LogP contribution in [-0.4, -0.2) is 32.2 Å². The Balaban J connectivity index is 1.42. The molecule has 4 rings (SSSR count). The van der Waals surface area contributed by atoms with Gasteiger partial charge < -0.3 is 10.1 Å². The van der Waals surface area contributed by atoms with E-state index >= 15 is 0 Å². The van der Waals surface area contributed by atoms with Gasteiger partial charge in [-0.25, -0.2) is 13.2 Å². The monoisotopic (exact) mass is 455 g/mol. The number of amidine groups is 1. The first-order valence-corrected chi connectivity index (χ1v) is 11.6. The predicted molar refractivity (Wildman–Crippen MR) is 117 cm³/mol. The molecule has 2 aromatic carbocycles. The van der Waals surface area contributed by atoms with Crippen LogP contribution in [0.25, 0.3) is 0 Å². The summed E-state index contributed by atoms with van der Waals surface area (Å²) in [7, 11) is -3.68. The van der Waals surface area contributed by atoms with Crippen LogP contribution >= 0.6 is 11.3 Å². The molecule has 0 radical (unpaired) electrons. The van der Waals surface area contributed by atoms with Gasteiger partial charge in [0.15, 0.2) is 0 Å². The molecule has 2 N–H and O–H groups in total. The third-order valence-corrected chi connectivity index (χ3v) is 6.67. The highest BCUT2D eigenvalue weighted by Crippen LogP contribution is 2.23. The van der Waals surface area contributed by atoms with Gasteiger partial charge in [0, 0.05) is 11.3 Å². The number of sulfonamides is 1. The van der Waals surface area contributed by atoms with Gasteiger partial charge in [-0.2, -0.15) is 0 Å². The topological polar surface area (TPSA) is 114 Å². The number of fused-ring (bicyclic) bond motifs is 1. The van der Waals surface area contributed by atoms with E-state index < -0.39 is 22.0 Å². The Hall–Kier alpha value is -3.50. The SMILES string of the molecule is C[C@H](N=C1NS(=O)(=O)c2ccccc21)C(=O)Oc1ccc(NC(=O)c2cccs2)cc1. The third kappa shape index (κ3) is 4.49. The number of benzene rings is 2. The Morgan fingerprint density at radius 3 is 2.52 bits per heavy atom. The summed E-state index contributed by atoms with van der Waals surface area (Å²) >= 11 is 1.34. The molecule has 1 aliphatic rings. The number of esters is 1. The van der Waals surface area contributed by atoms with E-state index in [4.69, 9.17) is 4.74 Å². The predicted octanol–water partition coefficient (Wildman–Crippen LogP) is 3.03. The van der Waals surface area contributed by atoms with Crippen molar-refractivity contribution in [3.63, 3.8) is 0 Å². The number of nitrogens with one attached hydrogen (secondary N) is 2. The molecule has 0 bridgehead atoms. The largest absolute Gasteiger partial charge is 0.425 e. The van der Waals surface area contributed by atoms with E-state index in [1.54, 1.807) is 54.6 Å². The Morgan fingerprint density at radius 2 is 1.81 bits per heavy atom. The van der Waals surface area contributed by atoms with E-state index in [0.717, 1.165) is 0 Å². The molecule has 1 aliphatic heterocycles. The van der Waals surface area contributed by atoms with Crippen LogP contribution in [0.4, 0.5) is 5.69 Å². The smallest absolute Gasteiger partial charge is 0.336 e. The Bertz CT molecular complexity index is 1270. The molecule has 0 fully saturated rings. The summed E-state index contributed by atoms with van der Waals surface area (Å²) in [6.45, 7) is 1.51. The zero-order chi connectivity index (χ0) is 22.0. The molecular weight excluding hydrogens is 438 g/mol. The number of aliphatic imine (C=N–C) groups is 1. The molecule has 3 aromatic rings. The van der Waals surface area contributed by atoms with Crippen LogP contribution in [0.2, 0.25) is 0 Å². The van der Waals surface area contributed by atoms with Crippen LogP contribution in [0.5, 0.6) is 5.75 Å². The average molecular weight is 456 g/mol. The molecule has 8 nitrogen and oxygen atoms in total. The normalized spacial score (nSPS) is 16.2. The molecule has 2 heterocycles. The molecule has 0 saturated carbocycles. The molecular formula is C21H17N3O5S2. The van der Waals surface area contributed by atoms with E-state index in [1.165, 1.54) is 24.3 Å². The second-order valence-corrected chi connectivity index (χ2v) is 9.23. The second kappa shape index (κ2) is 8.32. The molecule has 0 aliphatic carbocycles. The molecule has 158 valence electrons. The number of carbonyl (C=O) groups is 2.